The third kappa shape index (κ3) is 4.07. The molecule has 2 aliphatic heterocycles. The Labute approximate surface area is 204 Å². The topological polar surface area (TPSA) is 83.2 Å². The number of para-hydroxylation sites is 1. The number of aliphatic hydroxyl groups excluding tert-OH is 1. The van der Waals surface area contributed by atoms with Crippen molar-refractivity contribution in [2.75, 3.05) is 30.0 Å². The van der Waals surface area contributed by atoms with Gasteiger partial charge >= 0.3 is 0 Å². The first-order valence-electron chi connectivity index (χ1n) is 11.9. The maximum Gasteiger partial charge on any atom is 0.300 e. The summed E-state index contributed by atoms with van der Waals surface area (Å²) in [6.07, 6.45) is 3.57. The molecule has 0 spiro atoms. The van der Waals surface area contributed by atoms with Gasteiger partial charge in [-0.05, 0) is 74.7 Å². The van der Waals surface area contributed by atoms with Gasteiger partial charge in [0, 0.05) is 24.5 Å². The number of benzene rings is 2. The Morgan fingerprint density at radius 3 is 2.29 bits per heavy atom. The Hall–Kier alpha value is -4.00. The molecule has 3 aromatic rings. The summed E-state index contributed by atoms with van der Waals surface area (Å²) in [7, 11) is 1.49. The fraction of sp³-hybridized carbons (Fsp3) is 0.286. The zero-order valence-electron chi connectivity index (χ0n) is 19.9. The molecule has 1 aromatic heterocycles. The highest BCUT2D eigenvalue weighted by Gasteiger charge is 2.48. The van der Waals surface area contributed by atoms with Crippen molar-refractivity contribution in [1.82, 2.24) is 0 Å². The fourth-order valence-corrected chi connectivity index (χ4v) is 4.93. The zero-order valence-corrected chi connectivity index (χ0v) is 19.9. The molecule has 2 fully saturated rings. The third-order valence-corrected chi connectivity index (χ3v) is 6.69. The number of aliphatic hydroxyl groups is 1. The molecule has 3 heterocycles. The number of nitrogens with zero attached hydrogens (tertiary/aromatic N) is 2. The monoisotopic (exact) mass is 472 g/mol. The van der Waals surface area contributed by atoms with E-state index in [0.717, 1.165) is 31.6 Å². The minimum absolute atomic E-state index is 0.0334. The van der Waals surface area contributed by atoms with Crippen molar-refractivity contribution in [3.63, 3.8) is 0 Å². The predicted molar refractivity (Wildman–Crippen MR) is 134 cm³/mol. The summed E-state index contributed by atoms with van der Waals surface area (Å²) in [6, 6.07) is 17.1. The number of Topliss-reactive ketones (excluding diaryl/α,β-unsaturated/α-hetero) is 1. The maximum absolute atomic E-state index is 13.3. The summed E-state index contributed by atoms with van der Waals surface area (Å²) in [5.41, 5.74) is 1.95. The molecule has 2 aliphatic rings. The molecule has 7 nitrogen and oxygen atoms in total. The molecule has 0 radical (unpaired) electrons. The molecule has 180 valence electrons. The number of hydrogen-bond donors (Lipinski definition) is 1. The van der Waals surface area contributed by atoms with Crippen molar-refractivity contribution in [2.24, 2.45) is 0 Å². The number of carbonyl (C=O) groups is 2. The van der Waals surface area contributed by atoms with Gasteiger partial charge in [-0.15, -0.1) is 0 Å². The van der Waals surface area contributed by atoms with Crippen LogP contribution in [0.3, 0.4) is 0 Å². The van der Waals surface area contributed by atoms with Crippen molar-refractivity contribution in [3.05, 3.63) is 83.3 Å². The van der Waals surface area contributed by atoms with Crippen molar-refractivity contribution in [1.29, 1.82) is 0 Å². The highest BCUT2D eigenvalue weighted by molar-refractivity contribution is 6.51. The van der Waals surface area contributed by atoms with Crippen LogP contribution in [0.1, 0.15) is 42.4 Å². The molecule has 1 amide bonds. The second-order valence-electron chi connectivity index (χ2n) is 8.88. The van der Waals surface area contributed by atoms with Crippen LogP contribution in [-0.2, 0) is 9.59 Å². The number of ketones is 1. The van der Waals surface area contributed by atoms with Gasteiger partial charge in [0.05, 0.1) is 18.2 Å². The molecule has 0 bridgehead atoms. The molecule has 2 aromatic carbocycles. The molecule has 7 heteroatoms. The average Bonchev–Trinajstić information content (AvgIpc) is 3.44. The number of aryl methyl sites for hydroxylation is 1. The molecule has 0 saturated carbocycles. The lowest BCUT2D eigenvalue weighted by molar-refractivity contribution is -0.132. The van der Waals surface area contributed by atoms with Crippen LogP contribution >= 0.6 is 0 Å². The molecule has 1 atom stereocenters. The van der Waals surface area contributed by atoms with Gasteiger partial charge in [0.25, 0.3) is 11.7 Å². The van der Waals surface area contributed by atoms with Crippen molar-refractivity contribution in [3.8, 4) is 5.75 Å². The summed E-state index contributed by atoms with van der Waals surface area (Å²) in [5, 5.41) is 11.3. The average molecular weight is 473 g/mol. The molecular weight excluding hydrogens is 444 g/mol. The number of hydrogen-bond acceptors (Lipinski definition) is 6. The van der Waals surface area contributed by atoms with E-state index in [4.69, 9.17) is 9.15 Å². The predicted octanol–water partition coefficient (Wildman–Crippen LogP) is 5.21. The highest BCUT2D eigenvalue weighted by atomic mass is 16.5. The van der Waals surface area contributed by atoms with Crippen molar-refractivity contribution in [2.45, 2.75) is 32.2 Å². The lowest BCUT2D eigenvalue weighted by atomic mass is 9.98. The third-order valence-electron chi connectivity index (χ3n) is 6.69. The second kappa shape index (κ2) is 9.33. The first kappa shape index (κ1) is 22.8. The van der Waals surface area contributed by atoms with Gasteiger partial charge in [0.15, 0.2) is 0 Å². The molecule has 1 N–H and O–H groups in total. The highest BCUT2D eigenvalue weighted by Crippen LogP contribution is 2.44. The fourth-order valence-electron chi connectivity index (χ4n) is 4.93. The first-order chi connectivity index (χ1) is 17.0. The van der Waals surface area contributed by atoms with Crippen LogP contribution in [0.4, 0.5) is 11.4 Å². The van der Waals surface area contributed by atoms with E-state index >= 15 is 0 Å². The number of furan rings is 1. The molecular formula is C28H28N2O5. The lowest BCUT2D eigenvalue weighted by Gasteiger charge is -2.29. The molecule has 1 unspecified atom stereocenters. The number of anilines is 2. The molecule has 5 rings (SSSR count). The van der Waals surface area contributed by atoms with E-state index in [-0.39, 0.29) is 11.3 Å². The van der Waals surface area contributed by atoms with Crippen LogP contribution in [0.2, 0.25) is 0 Å². The Bertz CT molecular complexity index is 1280. The van der Waals surface area contributed by atoms with Crippen LogP contribution in [-0.4, -0.2) is 37.0 Å². The number of carbonyl (C=O) groups excluding carboxylic acids is 2. The van der Waals surface area contributed by atoms with Crippen molar-refractivity contribution < 1.29 is 23.8 Å². The number of rotatable bonds is 5. The SMILES string of the molecule is COc1ccccc1/C(O)=C1/C(=O)C(=O)N(c2ccc(N3CCCCC3)cc2)C1c1ccc(C)o1. The van der Waals surface area contributed by atoms with Crippen LogP contribution in [0.5, 0.6) is 5.75 Å². The molecule has 35 heavy (non-hydrogen) atoms. The van der Waals surface area contributed by atoms with Crippen LogP contribution in [0.15, 0.2) is 70.7 Å². The lowest BCUT2D eigenvalue weighted by Crippen LogP contribution is -2.30. The summed E-state index contributed by atoms with van der Waals surface area (Å²) in [4.78, 5) is 30.4. The quantitative estimate of drug-likeness (QED) is 0.312. The van der Waals surface area contributed by atoms with E-state index in [1.165, 1.54) is 18.4 Å². The van der Waals surface area contributed by atoms with Gasteiger partial charge < -0.3 is 19.2 Å². The van der Waals surface area contributed by atoms with E-state index in [1.807, 2.05) is 24.3 Å². The second-order valence-corrected chi connectivity index (χ2v) is 8.88. The minimum Gasteiger partial charge on any atom is -0.507 e. The Morgan fingerprint density at radius 1 is 0.943 bits per heavy atom. The first-order valence-corrected chi connectivity index (χ1v) is 11.9. The number of ether oxygens (including phenoxy) is 1. The minimum atomic E-state index is -0.908. The van der Waals surface area contributed by atoms with E-state index in [9.17, 15) is 14.7 Å². The van der Waals surface area contributed by atoms with E-state index < -0.39 is 17.7 Å². The number of amides is 1. The normalized spacial score (nSPS) is 19.9. The zero-order chi connectivity index (χ0) is 24.5. The molecule has 2 saturated heterocycles. The van der Waals surface area contributed by atoms with Gasteiger partial charge in [-0.2, -0.15) is 0 Å². The smallest absolute Gasteiger partial charge is 0.300 e. The van der Waals surface area contributed by atoms with E-state index in [2.05, 4.69) is 4.90 Å². The van der Waals surface area contributed by atoms with Crippen LogP contribution in [0, 0.1) is 6.92 Å². The summed E-state index contributed by atoms with van der Waals surface area (Å²) < 4.78 is 11.3. The van der Waals surface area contributed by atoms with E-state index in [1.54, 1.807) is 43.3 Å². The van der Waals surface area contributed by atoms with Crippen LogP contribution < -0.4 is 14.5 Å². The van der Waals surface area contributed by atoms with Gasteiger partial charge in [-0.1, -0.05) is 12.1 Å². The van der Waals surface area contributed by atoms with Crippen LogP contribution in [0.25, 0.3) is 5.76 Å². The largest absolute Gasteiger partial charge is 0.507 e. The standard InChI is InChI=1S/C28H28N2O5/c1-18-10-15-23(35-18)25-24(26(31)21-8-4-5-9-22(21)34-2)27(32)28(33)30(25)20-13-11-19(12-14-20)29-16-6-3-7-17-29/h4-5,8-15,25,31H,3,6-7,16-17H2,1-2H3/b26-24-. The van der Waals surface area contributed by atoms with Gasteiger partial charge in [0.1, 0.15) is 29.1 Å². The Morgan fingerprint density at radius 2 is 1.63 bits per heavy atom. The van der Waals surface area contributed by atoms with Gasteiger partial charge in [-0.25, -0.2) is 0 Å². The summed E-state index contributed by atoms with van der Waals surface area (Å²) in [5.74, 6) is -0.343. The van der Waals surface area contributed by atoms with Gasteiger partial charge in [-0.3, -0.25) is 14.5 Å². The summed E-state index contributed by atoms with van der Waals surface area (Å²) in [6.45, 7) is 3.81. The van der Waals surface area contributed by atoms with Gasteiger partial charge in [0.2, 0.25) is 0 Å². The number of piperidine rings is 1. The Kier molecular flexibility index (Phi) is 6.07. The maximum atomic E-state index is 13.3. The summed E-state index contributed by atoms with van der Waals surface area (Å²) >= 11 is 0. The number of methoxy groups -OCH3 is 1. The van der Waals surface area contributed by atoms with Crippen molar-refractivity contribution >= 4 is 28.8 Å². The Balaban J connectivity index is 1.61. The van der Waals surface area contributed by atoms with E-state index in [0.29, 0.717) is 28.5 Å². The molecule has 0 aliphatic carbocycles.